The maximum Gasteiger partial charge on any atom is 0.335 e. The third-order valence-corrected chi connectivity index (χ3v) is 4.90. The lowest BCUT2D eigenvalue weighted by molar-refractivity contribution is -0.123. The highest BCUT2D eigenvalue weighted by atomic mass is 19.1. The number of benzene rings is 2. The van der Waals surface area contributed by atoms with Gasteiger partial charge in [-0.3, -0.25) is 14.2 Å². The van der Waals surface area contributed by atoms with Gasteiger partial charge in [0.2, 0.25) is 5.91 Å². The van der Waals surface area contributed by atoms with E-state index in [-0.39, 0.29) is 29.3 Å². The van der Waals surface area contributed by atoms with Crippen molar-refractivity contribution in [2.24, 2.45) is 5.41 Å². The highest BCUT2D eigenvalue weighted by molar-refractivity contribution is 5.98. The standard InChI is InChI=1S/C24H24FN3O4/c1-14-26-20(18-9-8-17(25)11-19(18)27-23(32)24(2,3)4)12-21(29)28(14)13-15-6-5-7-16(10-15)22(30)31/h5-12H,13H2,1-4H3,(H,27,32)(H,30,31). The zero-order chi connectivity index (χ0) is 23.6. The summed E-state index contributed by atoms with van der Waals surface area (Å²) in [5.74, 6) is -1.48. The second-order valence-electron chi connectivity index (χ2n) is 8.51. The van der Waals surface area contributed by atoms with E-state index < -0.39 is 17.2 Å². The molecule has 0 saturated carbocycles. The van der Waals surface area contributed by atoms with Crippen LogP contribution in [0.15, 0.2) is 53.3 Å². The summed E-state index contributed by atoms with van der Waals surface area (Å²) in [6, 6.07) is 11.5. The van der Waals surface area contributed by atoms with Crippen molar-refractivity contribution in [3.05, 3.63) is 81.7 Å². The average molecular weight is 437 g/mol. The molecular formula is C24H24FN3O4. The van der Waals surface area contributed by atoms with Crippen LogP contribution < -0.4 is 10.9 Å². The van der Waals surface area contributed by atoms with E-state index in [0.717, 1.165) is 0 Å². The Morgan fingerprint density at radius 2 is 1.84 bits per heavy atom. The number of nitrogens with zero attached hydrogens (tertiary/aromatic N) is 2. The molecule has 166 valence electrons. The van der Waals surface area contributed by atoms with Crippen LogP contribution in [0.2, 0.25) is 0 Å². The van der Waals surface area contributed by atoms with Crippen LogP contribution in [0.3, 0.4) is 0 Å². The predicted molar refractivity (Wildman–Crippen MR) is 119 cm³/mol. The van der Waals surface area contributed by atoms with Gasteiger partial charge in [-0.2, -0.15) is 0 Å². The summed E-state index contributed by atoms with van der Waals surface area (Å²) in [6.45, 7) is 7.03. The predicted octanol–water partition coefficient (Wildman–Crippen LogP) is 4.09. The number of hydrogen-bond acceptors (Lipinski definition) is 4. The molecule has 3 rings (SSSR count). The Balaban J connectivity index is 2.00. The Labute approximate surface area is 184 Å². The fourth-order valence-corrected chi connectivity index (χ4v) is 3.09. The van der Waals surface area contributed by atoms with Crippen molar-refractivity contribution >= 4 is 17.6 Å². The number of anilines is 1. The zero-order valence-electron chi connectivity index (χ0n) is 18.3. The Bertz CT molecular complexity index is 1260. The normalized spacial score (nSPS) is 11.3. The minimum Gasteiger partial charge on any atom is -0.478 e. The molecule has 0 saturated heterocycles. The minimum absolute atomic E-state index is 0.128. The molecule has 0 bridgehead atoms. The van der Waals surface area contributed by atoms with Crippen LogP contribution in [0.1, 0.15) is 42.5 Å². The fourth-order valence-electron chi connectivity index (χ4n) is 3.09. The smallest absolute Gasteiger partial charge is 0.335 e. The van der Waals surface area contributed by atoms with E-state index in [1.165, 1.54) is 41.0 Å². The summed E-state index contributed by atoms with van der Waals surface area (Å²) in [5, 5.41) is 11.9. The van der Waals surface area contributed by atoms with Crippen LogP contribution >= 0.6 is 0 Å². The lowest BCUT2D eigenvalue weighted by Gasteiger charge is -2.19. The number of carboxylic acids is 1. The molecule has 0 aliphatic heterocycles. The minimum atomic E-state index is -1.05. The van der Waals surface area contributed by atoms with E-state index in [9.17, 15) is 18.8 Å². The lowest BCUT2D eigenvalue weighted by atomic mass is 9.95. The van der Waals surface area contributed by atoms with Crippen molar-refractivity contribution in [2.75, 3.05) is 5.32 Å². The molecule has 0 radical (unpaired) electrons. The second-order valence-corrected chi connectivity index (χ2v) is 8.51. The monoisotopic (exact) mass is 437 g/mol. The number of carboxylic acid groups (broad SMARTS) is 1. The van der Waals surface area contributed by atoms with Crippen LogP contribution in [-0.4, -0.2) is 26.5 Å². The molecule has 0 fully saturated rings. The van der Waals surface area contributed by atoms with Crippen molar-refractivity contribution in [3.63, 3.8) is 0 Å². The summed E-state index contributed by atoms with van der Waals surface area (Å²) in [4.78, 5) is 41.0. The van der Waals surface area contributed by atoms with Crippen molar-refractivity contribution in [1.29, 1.82) is 0 Å². The van der Waals surface area contributed by atoms with Gasteiger partial charge in [0.1, 0.15) is 11.6 Å². The number of nitrogens with one attached hydrogen (secondary N) is 1. The zero-order valence-corrected chi connectivity index (χ0v) is 18.3. The Hall–Kier alpha value is -3.81. The molecule has 2 aromatic carbocycles. The molecule has 1 heterocycles. The first kappa shape index (κ1) is 22.9. The van der Waals surface area contributed by atoms with E-state index >= 15 is 0 Å². The molecule has 2 N–H and O–H groups in total. The third-order valence-electron chi connectivity index (χ3n) is 4.90. The van der Waals surface area contributed by atoms with E-state index in [0.29, 0.717) is 22.6 Å². The number of carbonyl (C=O) groups is 2. The quantitative estimate of drug-likeness (QED) is 0.626. The molecule has 7 nitrogen and oxygen atoms in total. The summed E-state index contributed by atoms with van der Waals surface area (Å²) < 4.78 is 15.3. The maximum atomic E-state index is 13.9. The van der Waals surface area contributed by atoms with Gasteiger partial charge in [0.25, 0.3) is 5.56 Å². The Morgan fingerprint density at radius 1 is 1.12 bits per heavy atom. The number of halogens is 1. The largest absolute Gasteiger partial charge is 0.478 e. The van der Waals surface area contributed by atoms with E-state index in [1.807, 2.05) is 0 Å². The van der Waals surface area contributed by atoms with Gasteiger partial charge < -0.3 is 10.4 Å². The molecule has 0 atom stereocenters. The highest BCUT2D eigenvalue weighted by Gasteiger charge is 2.23. The topological polar surface area (TPSA) is 101 Å². The summed E-state index contributed by atoms with van der Waals surface area (Å²) in [5.41, 5.74) is 0.666. The number of aryl methyl sites for hydroxylation is 1. The van der Waals surface area contributed by atoms with Gasteiger partial charge in [-0.15, -0.1) is 0 Å². The van der Waals surface area contributed by atoms with Crippen LogP contribution in [0, 0.1) is 18.2 Å². The van der Waals surface area contributed by atoms with Gasteiger partial charge in [0.05, 0.1) is 23.5 Å². The Kier molecular flexibility index (Phi) is 6.25. The van der Waals surface area contributed by atoms with Gasteiger partial charge >= 0.3 is 5.97 Å². The van der Waals surface area contributed by atoms with Crippen LogP contribution in [-0.2, 0) is 11.3 Å². The molecule has 8 heteroatoms. The molecular weight excluding hydrogens is 413 g/mol. The van der Waals surface area contributed by atoms with Gasteiger partial charge in [0, 0.05) is 17.0 Å². The SMILES string of the molecule is Cc1nc(-c2ccc(F)cc2NC(=O)C(C)(C)C)cc(=O)n1Cc1cccc(C(=O)O)c1. The summed E-state index contributed by atoms with van der Waals surface area (Å²) in [6.07, 6.45) is 0. The second kappa shape index (κ2) is 8.74. The third kappa shape index (κ3) is 5.08. The first-order chi connectivity index (χ1) is 15.0. The van der Waals surface area contributed by atoms with Gasteiger partial charge in [-0.05, 0) is 42.8 Å². The molecule has 1 amide bonds. The van der Waals surface area contributed by atoms with Crippen molar-refractivity contribution in [3.8, 4) is 11.3 Å². The fraction of sp³-hybridized carbons (Fsp3) is 0.250. The Morgan fingerprint density at radius 3 is 2.47 bits per heavy atom. The first-order valence-corrected chi connectivity index (χ1v) is 9.98. The number of amides is 1. The van der Waals surface area contributed by atoms with Crippen molar-refractivity contribution < 1.29 is 19.1 Å². The average Bonchev–Trinajstić information content (AvgIpc) is 2.70. The molecule has 0 spiro atoms. The van der Waals surface area contributed by atoms with Crippen LogP contribution in [0.25, 0.3) is 11.3 Å². The summed E-state index contributed by atoms with van der Waals surface area (Å²) >= 11 is 0. The number of carbonyl (C=O) groups excluding carboxylic acids is 1. The number of hydrogen-bond donors (Lipinski definition) is 2. The van der Waals surface area contributed by atoms with Gasteiger partial charge in [0.15, 0.2) is 0 Å². The molecule has 1 aromatic heterocycles. The molecule has 0 aliphatic rings. The van der Waals surface area contributed by atoms with Gasteiger partial charge in [-0.1, -0.05) is 32.9 Å². The summed E-state index contributed by atoms with van der Waals surface area (Å²) in [7, 11) is 0. The maximum absolute atomic E-state index is 13.9. The van der Waals surface area contributed by atoms with E-state index in [2.05, 4.69) is 10.3 Å². The first-order valence-electron chi connectivity index (χ1n) is 9.98. The molecule has 32 heavy (non-hydrogen) atoms. The molecule has 0 unspecified atom stereocenters. The van der Waals surface area contributed by atoms with Gasteiger partial charge in [-0.25, -0.2) is 14.2 Å². The molecule has 0 aliphatic carbocycles. The van der Waals surface area contributed by atoms with Crippen molar-refractivity contribution in [1.82, 2.24) is 9.55 Å². The molecule has 3 aromatic rings. The highest BCUT2D eigenvalue weighted by Crippen LogP contribution is 2.29. The van der Waals surface area contributed by atoms with Crippen LogP contribution in [0.5, 0.6) is 0 Å². The van der Waals surface area contributed by atoms with Crippen LogP contribution in [0.4, 0.5) is 10.1 Å². The lowest BCUT2D eigenvalue weighted by Crippen LogP contribution is -2.28. The number of aromatic nitrogens is 2. The van der Waals surface area contributed by atoms with E-state index in [4.69, 9.17) is 5.11 Å². The van der Waals surface area contributed by atoms with E-state index in [1.54, 1.807) is 39.8 Å². The number of aromatic carboxylic acids is 1. The van der Waals surface area contributed by atoms with Crippen molar-refractivity contribution in [2.45, 2.75) is 34.2 Å². The number of rotatable bonds is 5.